The molecule has 3 heterocycles. The topological polar surface area (TPSA) is 97.8 Å². The smallest absolute Gasteiger partial charge is 0.282 e. The number of rotatable bonds is 3. The van der Waals surface area contributed by atoms with Gasteiger partial charge in [0.25, 0.3) is 17.5 Å². The summed E-state index contributed by atoms with van der Waals surface area (Å²) < 4.78 is 1.77. The second-order valence-electron chi connectivity index (χ2n) is 5.35. The van der Waals surface area contributed by atoms with Gasteiger partial charge in [-0.2, -0.15) is 0 Å². The fourth-order valence-corrected chi connectivity index (χ4v) is 2.84. The van der Waals surface area contributed by atoms with E-state index >= 15 is 0 Å². The molecule has 0 aliphatic carbocycles. The minimum absolute atomic E-state index is 0.0365. The lowest BCUT2D eigenvalue weighted by atomic mass is 10.1. The van der Waals surface area contributed by atoms with Crippen molar-refractivity contribution in [3.8, 4) is 0 Å². The zero-order chi connectivity index (χ0) is 16.8. The first-order valence-electron chi connectivity index (χ1n) is 7.12. The van der Waals surface area contributed by atoms with Crippen LogP contribution in [0.5, 0.6) is 0 Å². The molecule has 4 rings (SSSR count). The summed E-state index contributed by atoms with van der Waals surface area (Å²) in [5.41, 5.74) is 0.756. The van der Waals surface area contributed by atoms with Crippen molar-refractivity contribution in [2.45, 2.75) is 6.54 Å². The Bertz CT molecular complexity index is 991. The van der Waals surface area contributed by atoms with Crippen LogP contribution in [-0.2, 0) is 6.54 Å². The average Bonchev–Trinajstić information content (AvgIpc) is 3.09. The molecule has 0 saturated heterocycles. The Balaban J connectivity index is 1.72. The van der Waals surface area contributed by atoms with Gasteiger partial charge in [-0.25, -0.2) is 4.98 Å². The molecule has 1 aliphatic rings. The molecule has 0 saturated carbocycles. The summed E-state index contributed by atoms with van der Waals surface area (Å²) in [5, 5.41) is 11.1. The zero-order valence-corrected chi connectivity index (χ0v) is 12.2. The molecule has 3 aromatic rings. The van der Waals surface area contributed by atoms with Gasteiger partial charge in [0, 0.05) is 18.5 Å². The maximum Gasteiger partial charge on any atom is 0.282 e. The van der Waals surface area contributed by atoms with Crippen molar-refractivity contribution in [1.82, 2.24) is 14.3 Å². The van der Waals surface area contributed by atoms with Crippen molar-refractivity contribution in [3.63, 3.8) is 0 Å². The highest BCUT2D eigenvalue weighted by molar-refractivity contribution is 6.23. The summed E-state index contributed by atoms with van der Waals surface area (Å²) in [6.07, 6.45) is 3.52. The summed E-state index contributed by atoms with van der Waals surface area (Å²) in [5.74, 6) is -1.21. The van der Waals surface area contributed by atoms with Crippen molar-refractivity contribution in [2.75, 3.05) is 0 Å². The summed E-state index contributed by atoms with van der Waals surface area (Å²) in [7, 11) is 0. The molecule has 1 aliphatic heterocycles. The first-order chi connectivity index (χ1) is 11.6. The van der Waals surface area contributed by atoms with E-state index in [1.807, 2.05) is 12.1 Å². The van der Waals surface area contributed by atoms with Gasteiger partial charge in [0.2, 0.25) is 0 Å². The van der Waals surface area contributed by atoms with Gasteiger partial charge in [-0.05, 0) is 18.2 Å². The number of carbonyl (C=O) groups excluding carboxylic acids is 2. The number of imide groups is 1. The lowest BCUT2D eigenvalue weighted by Crippen LogP contribution is -2.29. The normalized spacial score (nSPS) is 13.6. The SMILES string of the molecule is O=C1c2cccc([N+](=O)[O-])c2C(=O)N1Cc1cn2ccccc2n1. The number of hydrogen-bond donors (Lipinski definition) is 0. The number of benzene rings is 1. The van der Waals surface area contributed by atoms with Crippen molar-refractivity contribution < 1.29 is 14.5 Å². The summed E-state index contributed by atoms with van der Waals surface area (Å²) in [6, 6.07) is 9.51. The Kier molecular flexibility index (Phi) is 2.92. The summed E-state index contributed by atoms with van der Waals surface area (Å²) in [4.78, 5) is 40.8. The van der Waals surface area contributed by atoms with Crippen LogP contribution < -0.4 is 0 Å². The number of carbonyl (C=O) groups is 2. The van der Waals surface area contributed by atoms with Crippen LogP contribution >= 0.6 is 0 Å². The van der Waals surface area contributed by atoms with Gasteiger partial charge in [-0.3, -0.25) is 24.6 Å². The zero-order valence-electron chi connectivity index (χ0n) is 12.2. The van der Waals surface area contributed by atoms with E-state index in [0.29, 0.717) is 11.3 Å². The minimum Gasteiger partial charge on any atom is -0.307 e. The third-order valence-corrected chi connectivity index (χ3v) is 3.91. The summed E-state index contributed by atoms with van der Waals surface area (Å²) >= 11 is 0. The van der Waals surface area contributed by atoms with E-state index in [0.717, 1.165) is 4.90 Å². The predicted molar refractivity (Wildman–Crippen MR) is 82.5 cm³/mol. The van der Waals surface area contributed by atoms with E-state index in [1.54, 1.807) is 22.9 Å². The van der Waals surface area contributed by atoms with Gasteiger partial charge in [-0.15, -0.1) is 0 Å². The van der Waals surface area contributed by atoms with Gasteiger partial charge >= 0.3 is 0 Å². The third kappa shape index (κ3) is 1.97. The molecule has 2 aromatic heterocycles. The number of amides is 2. The molecule has 8 nitrogen and oxygen atoms in total. The van der Waals surface area contributed by atoms with Crippen molar-refractivity contribution in [3.05, 3.63) is 75.7 Å². The molecule has 0 radical (unpaired) electrons. The molecule has 24 heavy (non-hydrogen) atoms. The molecule has 1 aromatic carbocycles. The highest BCUT2D eigenvalue weighted by Crippen LogP contribution is 2.31. The fourth-order valence-electron chi connectivity index (χ4n) is 2.84. The maximum atomic E-state index is 12.5. The summed E-state index contributed by atoms with van der Waals surface area (Å²) in [6.45, 7) is -0.0365. The molecule has 118 valence electrons. The Hall–Kier alpha value is -3.55. The Morgan fingerprint density at radius 2 is 1.92 bits per heavy atom. The highest BCUT2D eigenvalue weighted by atomic mass is 16.6. The van der Waals surface area contributed by atoms with Crippen molar-refractivity contribution in [1.29, 1.82) is 0 Å². The number of aromatic nitrogens is 2. The molecular formula is C16H10N4O4. The van der Waals surface area contributed by atoms with E-state index in [2.05, 4.69) is 4.98 Å². The van der Waals surface area contributed by atoms with Crippen molar-refractivity contribution >= 4 is 23.1 Å². The minimum atomic E-state index is -0.667. The molecule has 0 bridgehead atoms. The molecular weight excluding hydrogens is 312 g/mol. The van der Waals surface area contributed by atoms with Gasteiger partial charge in [-0.1, -0.05) is 12.1 Å². The second-order valence-corrected chi connectivity index (χ2v) is 5.35. The van der Waals surface area contributed by atoms with Crippen molar-refractivity contribution in [2.24, 2.45) is 0 Å². The van der Waals surface area contributed by atoms with Crippen LogP contribution in [0.15, 0.2) is 48.8 Å². The number of imidazole rings is 1. The molecule has 8 heteroatoms. The van der Waals surface area contributed by atoms with Crippen LogP contribution in [0.4, 0.5) is 5.69 Å². The van der Waals surface area contributed by atoms with Crippen LogP contribution in [0.2, 0.25) is 0 Å². The van der Waals surface area contributed by atoms with Crippen LogP contribution in [0.25, 0.3) is 5.65 Å². The van der Waals surface area contributed by atoms with Gasteiger partial charge in [0.15, 0.2) is 0 Å². The standard InChI is InChI=1S/C16H10N4O4/c21-15-11-4-3-5-12(20(23)24)14(11)16(22)19(15)9-10-8-18-7-2-1-6-13(18)17-10/h1-8H,9H2. The Morgan fingerprint density at radius 3 is 2.67 bits per heavy atom. The number of nitro groups is 1. The van der Waals surface area contributed by atoms with Gasteiger partial charge in [0.05, 0.1) is 22.7 Å². The highest BCUT2D eigenvalue weighted by Gasteiger charge is 2.41. The second kappa shape index (κ2) is 4.98. The van der Waals surface area contributed by atoms with Crippen LogP contribution in [0.3, 0.4) is 0 Å². The van der Waals surface area contributed by atoms with E-state index in [4.69, 9.17) is 0 Å². The monoisotopic (exact) mass is 322 g/mol. The lowest BCUT2D eigenvalue weighted by molar-refractivity contribution is -0.385. The predicted octanol–water partition coefficient (Wildman–Crippen LogP) is 2.04. The van der Waals surface area contributed by atoms with Crippen LogP contribution in [0.1, 0.15) is 26.4 Å². The number of nitro benzene ring substituents is 1. The van der Waals surface area contributed by atoms with E-state index in [-0.39, 0.29) is 23.4 Å². The van der Waals surface area contributed by atoms with Gasteiger partial charge in [0.1, 0.15) is 11.2 Å². The molecule has 0 spiro atoms. The van der Waals surface area contributed by atoms with E-state index in [1.165, 1.54) is 18.2 Å². The number of fused-ring (bicyclic) bond motifs is 2. The Morgan fingerprint density at radius 1 is 1.08 bits per heavy atom. The molecule has 0 unspecified atom stereocenters. The third-order valence-electron chi connectivity index (χ3n) is 3.91. The van der Waals surface area contributed by atoms with E-state index < -0.39 is 16.7 Å². The first-order valence-corrected chi connectivity index (χ1v) is 7.12. The van der Waals surface area contributed by atoms with Crippen LogP contribution in [0, 0.1) is 10.1 Å². The molecule has 0 N–H and O–H groups in total. The quantitative estimate of drug-likeness (QED) is 0.417. The molecule has 2 amide bonds. The number of nitrogens with zero attached hydrogens (tertiary/aromatic N) is 4. The average molecular weight is 322 g/mol. The number of pyridine rings is 1. The largest absolute Gasteiger partial charge is 0.307 e. The van der Waals surface area contributed by atoms with Gasteiger partial charge < -0.3 is 4.40 Å². The van der Waals surface area contributed by atoms with Crippen LogP contribution in [-0.4, -0.2) is 31.0 Å². The maximum absolute atomic E-state index is 12.5. The Labute approximate surface area is 135 Å². The number of hydrogen-bond acceptors (Lipinski definition) is 5. The van der Waals surface area contributed by atoms with E-state index in [9.17, 15) is 19.7 Å². The fraction of sp³-hybridized carbons (Fsp3) is 0.0625. The lowest BCUT2D eigenvalue weighted by Gasteiger charge is -2.11. The molecule has 0 fully saturated rings. The first kappa shape index (κ1) is 14.1. The molecule has 0 atom stereocenters.